The molecular formula is C14H21ClN4O. The van der Waals surface area contributed by atoms with E-state index < -0.39 is 0 Å². The summed E-state index contributed by atoms with van der Waals surface area (Å²) in [5.41, 5.74) is 3.32. The Hall–Kier alpha value is -1.46. The quantitative estimate of drug-likeness (QED) is 0.347. The number of hydrazine groups is 1. The zero-order valence-corrected chi connectivity index (χ0v) is 12.4. The smallest absolute Gasteiger partial charge is 0.210 e. The summed E-state index contributed by atoms with van der Waals surface area (Å²) in [5.74, 6) is 6.80. The van der Waals surface area contributed by atoms with E-state index in [1.807, 2.05) is 6.07 Å². The summed E-state index contributed by atoms with van der Waals surface area (Å²) >= 11 is 6.16. The largest absolute Gasteiger partial charge is 0.497 e. The fraction of sp³-hybridized carbons (Fsp3) is 0.500. The maximum Gasteiger partial charge on any atom is 0.210 e. The molecular weight excluding hydrogens is 276 g/mol. The van der Waals surface area contributed by atoms with E-state index in [0.29, 0.717) is 17.0 Å². The number of nitrogens with one attached hydrogen (secondary N) is 2. The van der Waals surface area contributed by atoms with E-state index in [9.17, 15) is 0 Å². The molecule has 0 atom stereocenters. The molecule has 1 aromatic rings. The molecule has 5 nitrogen and oxygen atoms in total. The molecule has 4 N–H and O–H groups in total. The minimum Gasteiger partial charge on any atom is -0.497 e. The number of hydrogen-bond donors (Lipinski definition) is 3. The van der Waals surface area contributed by atoms with Gasteiger partial charge in [-0.15, -0.1) is 0 Å². The highest BCUT2D eigenvalue weighted by atomic mass is 35.5. The van der Waals surface area contributed by atoms with Crippen molar-refractivity contribution in [2.75, 3.05) is 12.4 Å². The number of nitrogens with two attached hydrogens (primary N) is 1. The summed E-state index contributed by atoms with van der Waals surface area (Å²) in [6.07, 6.45) is 5.97. The number of halogens is 1. The van der Waals surface area contributed by atoms with Crippen molar-refractivity contribution in [1.82, 2.24) is 5.43 Å². The zero-order chi connectivity index (χ0) is 14.4. The van der Waals surface area contributed by atoms with Gasteiger partial charge in [0.2, 0.25) is 5.96 Å². The summed E-state index contributed by atoms with van der Waals surface area (Å²) in [6, 6.07) is 5.72. The third-order valence-corrected chi connectivity index (χ3v) is 3.78. The lowest BCUT2D eigenvalue weighted by molar-refractivity contribution is 0.415. The minimum atomic E-state index is 0.326. The van der Waals surface area contributed by atoms with Crippen LogP contribution >= 0.6 is 11.6 Å². The number of aliphatic imine (C=N–C) groups is 1. The van der Waals surface area contributed by atoms with Gasteiger partial charge in [0.15, 0.2) is 0 Å². The average Bonchev–Trinajstić information content (AvgIpc) is 2.49. The van der Waals surface area contributed by atoms with Crippen molar-refractivity contribution in [3.63, 3.8) is 0 Å². The van der Waals surface area contributed by atoms with E-state index in [1.165, 1.54) is 19.3 Å². The van der Waals surface area contributed by atoms with E-state index in [2.05, 4.69) is 15.7 Å². The number of rotatable bonds is 3. The maximum atomic E-state index is 6.16. The fourth-order valence-corrected chi connectivity index (χ4v) is 2.52. The van der Waals surface area contributed by atoms with Crippen LogP contribution in [0.2, 0.25) is 5.02 Å². The number of hydrogen-bond acceptors (Lipinski definition) is 3. The van der Waals surface area contributed by atoms with E-state index in [1.54, 1.807) is 19.2 Å². The molecule has 1 saturated carbocycles. The standard InChI is InChI=1S/C14H21ClN4O/c1-20-11-7-8-12(15)13(9-11)18-14(19-16)17-10-5-3-2-4-6-10/h7-10H,2-6,16H2,1H3,(H2,17,18,19). The molecule has 0 heterocycles. The highest BCUT2D eigenvalue weighted by Gasteiger charge is 2.13. The predicted molar refractivity (Wildman–Crippen MR) is 83.3 cm³/mol. The Morgan fingerprint density at radius 2 is 2.10 bits per heavy atom. The van der Waals surface area contributed by atoms with Crippen molar-refractivity contribution < 1.29 is 4.74 Å². The number of methoxy groups -OCH3 is 1. The first kappa shape index (κ1) is 14.9. The molecule has 0 bridgehead atoms. The summed E-state index contributed by atoms with van der Waals surface area (Å²) in [6.45, 7) is 0. The molecule has 0 amide bonds. The van der Waals surface area contributed by atoms with Crippen LogP contribution in [-0.4, -0.2) is 19.1 Å². The van der Waals surface area contributed by atoms with Crippen LogP contribution in [0.4, 0.5) is 5.69 Å². The van der Waals surface area contributed by atoms with Gasteiger partial charge in [-0.25, -0.2) is 10.8 Å². The SMILES string of the molecule is COc1ccc(Cl)c(NC(=NC2CCCCC2)NN)c1. The van der Waals surface area contributed by atoms with Gasteiger partial charge >= 0.3 is 0 Å². The summed E-state index contributed by atoms with van der Waals surface area (Å²) < 4.78 is 5.18. The molecule has 1 fully saturated rings. The lowest BCUT2D eigenvalue weighted by Gasteiger charge is -2.20. The molecule has 0 aromatic heterocycles. The van der Waals surface area contributed by atoms with Crippen molar-refractivity contribution in [1.29, 1.82) is 0 Å². The predicted octanol–water partition coefficient (Wildman–Crippen LogP) is 2.91. The number of anilines is 1. The van der Waals surface area contributed by atoms with Crippen LogP contribution in [-0.2, 0) is 0 Å². The van der Waals surface area contributed by atoms with Gasteiger partial charge in [0.05, 0.1) is 23.9 Å². The molecule has 6 heteroatoms. The maximum absolute atomic E-state index is 6.16. The monoisotopic (exact) mass is 296 g/mol. The molecule has 0 unspecified atom stereocenters. The average molecular weight is 297 g/mol. The van der Waals surface area contributed by atoms with Gasteiger partial charge in [-0.3, -0.25) is 5.43 Å². The molecule has 0 aliphatic heterocycles. The van der Waals surface area contributed by atoms with E-state index in [4.69, 9.17) is 22.2 Å². The van der Waals surface area contributed by atoms with Gasteiger partial charge in [0, 0.05) is 6.07 Å². The van der Waals surface area contributed by atoms with Crippen LogP contribution in [0, 0.1) is 0 Å². The summed E-state index contributed by atoms with van der Waals surface area (Å²) in [5, 5.41) is 3.72. The second-order valence-electron chi connectivity index (χ2n) is 4.88. The first-order valence-corrected chi connectivity index (χ1v) is 7.25. The normalized spacial score (nSPS) is 16.9. The van der Waals surface area contributed by atoms with Crippen LogP contribution in [0.15, 0.2) is 23.2 Å². The van der Waals surface area contributed by atoms with Crippen molar-refractivity contribution in [3.8, 4) is 5.75 Å². The van der Waals surface area contributed by atoms with Crippen LogP contribution in [0.1, 0.15) is 32.1 Å². The van der Waals surface area contributed by atoms with Crippen LogP contribution < -0.4 is 21.3 Å². The molecule has 0 saturated heterocycles. The van der Waals surface area contributed by atoms with E-state index >= 15 is 0 Å². The van der Waals surface area contributed by atoms with Gasteiger partial charge in [0.1, 0.15) is 5.75 Å². The van der Waals surface area contributed by atoms with E-state index in [0.717, 1.165) is 24.3 Å². The van der Waals surface area contributed by atoms with Crippen molar-refractivity contribution in [2.24, 2.45) is 10.8 Å². The second-order valence-corrected chi connectivity index (χ2v) is 5.29. The number of guanidine groups is 1. The summed E-state index contributed by atoms with van der Waals surface area (Å²) in [7, 11) is 1.62. The lowest BCUT2D eigenvalue weighted by Crippen LogP contribution is -2.37. The van der Waals surface area contributed by atoms with Gasteiger partial charge in [0.25, 0.3) is 0 Å². The molecule has 2 rings (SSSR count). The van der Waals surface area contributed by atoms with Crippen LogP contribution in [0.5, 0.6) is 5.75 Å². The Morgan fingerprint density at radius 3 is 2.75 bits per heavy atom. The van der Waals surface area contributed by atoms with Crippen LogP contribution in [0.25, 0.3) is 0 Å². The van der Waals surface area contributed by atoms with Gasteiger partial charge < -0.3 is 10.1 Å². The van der Waals surface area contributed by atoms with E-state index in [-0.39, 0.29) is 0 Å². The highest BCUT2D eigenvalue weighted by Crippen LogP contribution is 2.27. The fourth-order valence-electron chi connectivity index (χ4n) is 2.35. The Labute approximate surface area is 124 Å². The number of ether oxygens (including phenoxy) is 1. The Bertz CT molecular complexity index is 472. The zero-order valence-electron chi connectivity index (χ0n) is 11.7. The molecule has 1 aliphatic rings. The molecule has 0 radical (unpaired) electrons. The lowest BCUT2D eigenvalue weighted by atomic mass is 9.96. The van der Waals surface area contributed by atoms with Gasteiger partial charge in [-0.2, -0.15) is 0 Å². The van der Waals surface area contributed by atoms with Crippen molar-refractivity contribution in [3.05, 3.63) is 23.2 Å². The van der Waals surface area contributed by atoms with Crippen molar-refractivity contribution in [2.45, 2.75) is 38.1 Å². The second kappa shape index (κ2) is 7.36. The molecule has 110 valence electrons. The third-order valence-electron chi connectivity index (χ3n) is 3.45. The molecule has 1 aliphatic carbocycles. The first-order chi connectivity index (χ1) is 9.72. The van der Waals surface area contributed by atoms with Gasteiger partial charge in [-0.05, 0) is 25.0 Å². The third kappa shape index (κ3) is 4.02. The number of benzene rings is 1. The van der Waals surface area contributed by atoms with Gasteiger partial charge in [-0.1, -0.05) is 30.9 Å². The Morgan fingerprint density at radius 1 is 1.35 bits per heavy atom. The number of nitrogens with zero attached hydrogens (tertiary/aromatic N) is 1. The Kier molecular flexibility index (Phi) is 5.49. The molecule has 20 heavy (non-hydrogen) atoms. The Balaban J connectivity index is 2.10. The summed E-state index contributed by atoms with van der Waals surface area (Å²) in [4.78, 5) is 4.62. The molecule has 0 spiro atoms. The highest BCUT2D eigenvalue weighted by molar-refractivity contribution is 6.33. The minimum absolute atomic E-state index is 0.326. The first-order valence-electron chi connectivity index (χ1n) is 6.88. The topological polar surface area (TPSA) is 71.7 Å². The van der Waals surface area contributed by atoms with Crippen LogP contribution in [0.3, 0.4) is 0 Å². The van der Waals surface area contributed by atoms with Crippen molar-refractivity contribution >= 4 is 23.2 Å². The molecule has 1 aromatic carbocycles.